The van der Waals surface area contributed by atoms with Crippen LogP contribution in [0, 0.1) is 0 Å². The van der Waals surface area contributed by atoms with Crippen molar-refractivity contribution in [3.8, 4) is 0 Å². The third-order valence-corrected chi connectivity index (χ3v) is 7.40. The van der Waals surface area contributed by atoms with Gasteiger partial charge >= 0.3 is 6.03 Å². The summed E-state index contributed by atoms with van der Waals surface area (Å²) >= 11 is 5.92. The Bertz CT molecular complexity index is 798. The number of carbonyl (C=O) groups excluding carboxylic acids is 2. The highest BCUT2D eigenvalue weighted by atomic mass is 35.5. The minimum atomic E-state index is -3.51. The first-order valence-electron chi connectivity index (χ1n) is 8.96. The van der Waals surface area contributed by atoms with Crippen molar-refractivity contribution in [2.24, 2.45) is 0 Å². The van der Waals surface area contributed by atoms with Crippen molar-refractivity contribution in [1.82, 2.24) is 9.80 Å². The summed E-state index contributed by atoms with van der Waals surface area (Å²) in [6, 6.07) is 6.60. The maximum Gasteiger partial charge on any atom is 0.321 e. The Morgan fingerprint density at radius 1 is 1.07 bits per heavy atom. The van der Waals surface area contributed by atoms with Crippen LogP contribution in [0.1, 0.15) is 27.2 Å². The second kappa shape index (κ2) is 8.93. The van der Waals surface area contributed by atoms with Crippen molar-refractivity contribution < 1.29 is 18.0 Å². The van der Waals surface area contributed by atoms with Crippen LogP contribution in [0.15, 0.2) is 24.3 Å². The molecule has 27 heavy (non-hydrogen) atoms. The minimum Gasteiger partial charge on any atom is -0.340 e. The fourth-order valence-electron chi connectivity index (χ4n) is 2.92. The number of urea groups is 1. The predicted molar refractivity (Wildman–Crippen MR) is 107 cm³/mol. The molecule has 0 saturated carbocycles. The van der Waals surface area contributed by atoms with E-state index < -0.39 is 26.2 Å². The molecule has 150 valence electrons. The molecule has 1 aromatic rings. The SMILES string of the molecule is CC(C)S(=O)(=O)C(C)C(=O)N1CCCN(C(=O)Nc2cccc(Cl)c2)CC1. The number of carbonyl (C=O) groups is 2. The van der Waals surface area contributed by atoms with Gasteiger partial charge in [-0.25, -0.2) is 13.2 Å². The molecule has 1 unspecified atom stereocenters. The summed E-state index contributed by atoms with van der Waals surface area (Å²) in [5.74, 6) is -0.402. The number of benzene rings is 1. The molecule has 1 N–H and O–H groups in total. The van der Waals surface area contributed by atoms with Crippen LogP contribution in [0.3, 0.4) is 0 Å². The molecule has 1 aliphatic heterocycles. The normalized spacial score (nSPS) is 16.8. The largest absolute Gasteiger partial charge is 0.340 e. The molecule has 1 aromatic carbocycles. The summed E-state index contributed by atoms with van der Waals surface area (Å²) in [4.78, 5) is 28.2. The second-order valence-electron chi connectivity index (χ2n) is 6.89. The van der Waals surface area contributed by atoms with Gasteiger partial charge in [0.05, 0.1) is 5.25 Å². The third-order valence-electron chi connectivity index (χ3n) is 4.67. The number of halogens is 1. The number of hydrogen-bond donors (Lipinski definition) is 1. The van der Waals surface area contributed by atoms with E-state index in [1.807, 2.05) is 0 Å². The van der Waals surface area contributed by atoms with Crippen LogP contribution in [-0.2, 0) is 14.6 Å². The lowest BCUT2D eigenvalue weighted by Crippen LogP contribution is -2.45. The summed E-state index contributed by atoms with van der Waals surface area (Å²) in [7, 11) is -3.51. The quantitative estimate of drug-likeness (QED) is 0.818. The summed E-state index contributed by atoms with van der Waals surface area (Å²) in [5, 5.41) is 1.63. The highest BCUT2D eigenvalue weighted by molar-refractivity contribution is 7.93. The summed E-state index contributed by atoms with van der Waals surface area (Å²) in [5.41, 5.74) is 0.598. The Balaban J connectivity index is 1.98. The molecule has 0 spiro atoms. The standard InChI is InChI=1S/C18H26ClN3O4S/c1-13(2)27(25,26)14(3)17(23)21-8-5-9-22(11-10-21)18(24)20-16-7-4-6-15(19)12-16/h4,6-7,12-14H,5,8-11H2,1-3H3,(H,20,24). The molecule has 2 rings (SSSR count). The van der Waals surface area contributed by atoms with Crippen LogP contribution in [0.4, 0.5) is 10.5 Å². The Labute approximate surface area is 165 Å². The fourth-order valence-corrected chi connectivity index (χ4v) is 4.35. The molecule has 0 aliphatic carbocycles. The van der Waals surface area contributed by atoms with Gasteiger partial charge in [0, 0.05) is 36.9 Å². The fraction of sp³-hybridized carbons (Fsp3) is 0.556. The van der Waals surface area contributed by atoms with Crippen LogP contribution in [-0.4, -0.2) is 66.8 Å². The molecule has 0 aromatic heterocycles. The molecule has 1 saturated heterocycles. The Hall–Kier alpha value is -1.80. The van der Waals surface area contributed by atoms with Crippen LogP contribution in [0.2, 0.25) is 5.02 Å². The number of nitrogens with zero attached hydrogens (tertiary/aromatic N) is 2. The number of nitrogens with one attached hydrogen (secondary N) is 1. The van der Waals surface area contributed by atoms with Gasteiger partial charge in [0.25, 0.3) is 0 Å². The predicted octanol–water partition coefficient (Wildman–Crippen LogP) is 2.62. The molecular formula is C18H26ClN3O4S. The summed E-state index contributed by atoms with van der Waals surface area (Å²) in [6.07, 6.45) is 0.586. The summed E-state index contributed by atoms with van der Waals surface area (Å²) < 4.78 is 24.5. The van der Waals surface area contributed by atoms with E-state index in [1.54, 1.807) is 43.0 Å². The number of rotatable bonds is 4. The smallest absolute Gasteiger partial charge is 0.321 e. The van der Waals surface area contributed by atoms with Gasteiger partial charge in [-0.3, -0.25) is 4.79 Å². The van der Waals surface area contributed by atoms with Crippen molar-refractivity contribution in [2.75, 3.05) is 31.5 Å². The average molecular weight is 416 g/mol. The monoisotopic (exact) mass is 415 g/mol. The van der Waals surface area contributed by atoms with Crippen LogP contribution >= 0.6 is 11.6 Å². The molecule has 0 radical (unpaired) electrons. The van der Waals surface area contributed by atoms with Gasteiger partial charge in [-0.1, -0.05) is 17.7 Å². The van der Waals surface area contributed by atoms with Gasteiger partial charge in [0.2, 0.25) is 5.91 Å². The molecule has 3 amide bonds. The van der Waals surface area contributed by atoms with Crippen molar-refractivity contribution in [3.63, 3.8) is 0 Å². The minimum absolute atomic E-state index is 0.269. The first-order chi connectivity index (χ1) is 12.6. The lowest BCUT2D eigenvalue weighted by atomic mass is 10.3. The molecule has 1 fully saturated rings. The van der Waals surface area contributed by atoms with E-state index in [1.165, 1.54) is 11.8 Å². The van der Waals surface area contributed by atoms with Gasteiger partial charge in [0.15, 0.2) is 9.84 Å². The Morgan fingerprint density at radius 2 is 1.70 bits per heavy atom. The molecule has 9 heteroatoms. The zero-order valence-corrected chi connectivity index (χ0v) is 17.4. The van der Waals surface area contributed by atoms with Gasteiger partial charge in [0.1, 0.15) is 5.25 Å². The molecule has 1 aliphatic rings. The van der Waals surface area contributed by atoms with E-state index >= 15 is 0 Å². The van der Waals surface area contributed by atoms with Gasteiger partial charge in [-0.15, -0.1) is 0 Å². The molecule has 7 nitrogen and oxygen atoms in total. The van der Waals surface area contributed by atoms with E-state index in [2.05, 4.69) is 5.32 Å². The average Bonchev–Trinajstić information content (AvgIpc) is 2.86. The van der Waals surface area contributed by atoms with Gasteiger partial charge in [-0.05, 0) is 45.4 Å². The molecule has 0 bridgehead atoms. The lowest BCUT2D eigenvalue weighted by molar-refractivity contribution is -0.130. The second-order valence-corrected chi connectivity index (χ2v) is 10.2. The maximum absolute atomic E-state index is 12.6. The summed E-state index contributed by atoms with van der Waals surface area (Å²) in [6.45, 7) is 6.14. The van der Waals surface area contributed by atoms with E-state index in [9.17, 15) is 18.0 Å². The number of sulfone groups is 1. The number of anilines is 1. The third kappa shape index (κ3) is 5.35. The van der Waals surface area contributed by atoms with Gasteiger partial charge in [-0.2, -0.15) is 0 Å². The Morgan fingerprint density at radius 3 is 2.33 bits per heavy atom. The zero-order chi connectivity index (χ0) is 20.2. The Kier molecular flexibility index (Phi) is 7.11. The molecule has 1 heterocycles. The zero-order valence-electron chi connectivity index (χ0n) is 15.8. The molecular weight excluding hydrogens is 390 g/mol. The van der Waals surface area contributed by atoms with Crippen molar-refractivity contribution in [2.45, 2.75) is 37.7 Å². The topological polar surface area (TPSA) is 86.8 Å². The first kappa shape index (κ1) is 21.5. The van der Waals surface area contributed by atoms with E-state index in [0.29, 0.717) is 43.3 Å². The van der Waals surface area contributed by atoms with E-state index in [4.69, 9.17) is 11.6 Å². The first-order valence-corrected chi connectivity index (χ1v) is 10.9. The van der Waals surface area contributed by atoms with Crippen LogP contribution in [0.25, 0.3) is 0 Å². The van der Waals surface area contributed by atoms with Crippen molar-refractivity contribution in [1.29, 1.82) is 0 Å². The van der Waals surface area contributed by atoms with Gasteiger partial charge < -0.3 is 15.1 Å². The van der Waals surface area contributed by atoms with Crippen LogP contribution < -0.4 is 5.32 Å². The van der Waals surface area contributed by atoms with Crippen molar-refractivity contribution >= 4 is 39.1 Å². The number of hydrogen-bond acceptors (Lipinski definition) is 4. The van der Waals surface area contributed by atoms with E-state index in [-0.39, 0.29) is 6.03 Å². The molecule has 1 atom stereocenters. The maximum atomic E-state index is 12.6. The highest BCUT2D eigenvalue weighted by Gasteiger charge is 2.34. The van der Waals surface area contributed by atoms with Crippen LogP contribution in [0.5, 0.6) is 0 Å². The highest BCUT2D eigenvalue weighted by Crippen LogP contribution is 2.17. The van der Waals surface area contributed by atoms with E-state index in [0.717, 1.165) is 0 Å². The lowest BCUT2D eigenvalue weighted by Gasteiger charge is -2.25. The van der Waals surface area contributed by atoms with Crippen molar-refractivity contribution in [3.05, 3.63) is 29.3 Å². The number of amides is 3.